The normalized spacial score (nSPS) is 24.3. The summed E-state index contributed by atoms with van der Waals surface area (Å²) in [6.07, 6.45) is 1.10. The number of nitrogens with zero attached hydrogens (tertiary/aromatic N) is 2. The molecule has 7 heteroatoms. The van der Waals surface area contributed by atoms with E-state index in [0.717, 1.165) is 5.56 Å². The summed E-state index contributed by atoms with van der Waals surface area (Å²) in [5.41, 5.74) is 1.09. The van der Waals surface area contributed by atoms with Crippen molar-refractivity contribution in [1.29, 1.82) is 0 Å². The lowest BCUT2D eigenvalue weighted by Crippen LogP contribution is -2.58. The number of sulfonamides is 1. The van der Waals surface area contributed by atoms with E-state index in [2.05, 4.69) is 4.90 Å². The van der Waals surface area contributed by atoms with Crippen LogP contribution in [0.15, 0.2) is 30.3 Å². The monoisotopic (exact) mass is 326 g/mol. The summed E-state index contributed by atoms with van der Waals surface area (Å²) < 4.78 is 25.0. The highest BCUT2D eigenvalue weighted by Crippen LogP contribution is 2.22. The molecule has 2 atom stereocenters. The second kappa shape index (κ2) is 6.76. The number of benzene rings is 1. The summed E-state index contributed by atoms with van der Waals surface area (Å²) in [6, 6.07) is 9.45. The van der Waals surface area contributed by atoms with Crippen LogP contribution >= 0.6 is 0 Å². The number of rotatable bonds is 5. The van der Waals surface area contributed by atoms with Crippen molar-refractivity contribution in [2.75, 3.05) is 19.3 Å². The number of hydrogen-bond donors (Lipinski definition) is 1. The van der Waals surface area contributed by atoms with Crippen molar-refractivity contribution < 1.29 is 18.3 Å². The zero-order valence-corrected chi connectivity index (χ0v) is 13.7. The lowest BCUT2D eigenvalue weighted by molar-refractivity contribution is -0.139. The van der Waals surface area contributed by atoms with Gasteiger partial charge in [0.1, 0.15) is 0 Å². The van der Waals surface area contributed by atoms with Crippen molar-refractivity contribution in [1.82, 2.24) is 9.21 Å². The highest BCUT2D eigenvalue weighted by Gasteiger charge is 2.36. The third-order valence-corrected chi connectivity index (χ3v) is 5.24. The van der Waals surface area contributed by atoms with Gasteiger partial charge in [-0.1, -0.05) is 30.3 Å². The fourth-order valence-corrected chi connectivity index (χ4v) is 3.84. The van der Waals surface area contributed by atoms with Gasteiger partial charge in [0.15, 0.2) is 0 Å². The quantitative estimate of drug-likeness (QED) is 0.873. The molecule has 1 aliphatic rings. The number of hydrogen-bond acceptors (Lipinski definition) is 4. The van der Waals surface area contributed by atoms with Gasteiger partial charge >= 0.3 is 5.97 Å². The number of aliphatic carboxylic acids is 1. The minimum atomic E-state index is -3.31. The maximum Gasteiger partial charge on any atom is 0.304 e. The van der Waals surface area contributed by atoms with Crippen LogP contribution in [-0.4, -0.2) is 60.1 Å². The van der Waals surface area contributed by atoms with E-state index in [4.69, 9.17) is 5.11 Å². The van der Waals surface area contributed by atoms with Gasteiger partial charge in [-0.15, -0.1) is 0 Å². The van der Waals surface area contributed by atoms with Gasteiger partial charge in [-0.2, -0.15) is 4.31 Å². The van der Waals surface area contributed by atoms with Gasteiger partial charge in [0.25, 0.3) is 0 Å². The lowest BCUT2D eigenvalue weighted by atomic mass is 10.0. The molecule has 1 saturated heterocycles. The molecule has 122 valence electrons. The predicted molar refractivity (Wildman–Crippen MR) is 83.9 cm³/mol. The van der Waals surface area contributed by atoms with Gasteiger partial charge in [-0.3, -0.25) is 9.69 Å². The van der Waals surface area contributed by atoms with Gasteiger partial charge in [0.2, 0.25) is 10.0 Å². The van der Waals surface area contributed by atoms with Gasteiger partial charge in [0.05, 0.1) is 12.7 Å². The van der Waals surface area contributed by atoms with Crippen LogP contribution in [0.5, 0.6) is 0 Å². The van der Waals surface area contributed by atoms with Crippen molar-refractivity contribution in [3.05, 3.63) is 35.9 Å². The van der Waals surface area contributed by atoms with E-state index in [0.29, 0.717) is 13.1 Å². The summed E-state index contributed by atoms with van der Waals surface area (Å²) in [7, 11) is -3.31. The first-order valence-electron chi connectivity index (χ1n) is 7.24. The molecule has 2 unspecified atom stereocenters. The fourth-order valence-electron chi connectivity index (χ4n) is 2.91. The first-order chi connectivity index (χ1) is 10.3. The van der Waals surface area contributed by atoms with E-state index in [9.17, 15) is 13.2 Å². The van der Waals surface area contributed by atoms with Crippen LogP contribution in [0.3, 0.4) is 0 Å². The third kappa shape index (κ3) is 4.28. The van der Waals surface area contributed by atoms with Crippen LogP contribution in [0.25, 0.3) is 0 Å². The Hall–Kier alpha value is -1.44. The molecule has 6 nitrogen and oxygen atoms in total. The highest BCUT2D eigenvalue weighted by atomic mass is 32.2. The topological polar surface area (TPSA) is 77.9 Å². The number of piperazine rings is 1. The largest absolute Gasteiger partial charge is 0.481 e. The minimum Gasteiger partial charge on any atom is -0.481 e. The Morgan fingerprint density at radius 1 is 1.27 bits per heavy atom. The first-order valence-corrected chi connectivity index (χ1v) is 9.09. The number of carboxylic acids is 1. The number of carboxylic acid groups (broad SMARTS) is 1. The molecule has 2 rings (SSSR count). The van der Waals surface area contributed by atoms with Gasteiger partial charge in [-0.05, 0) is 12.5 Å². The Morgan fingerprint density at radius 3 is 2.45 bits per heavy atom. The average molecular weight is 326 g/mol. The molecule has 1 aromatic carbocycles. The summed E-state index contributed by atoms with van der Waals surface area (Å²) in [6.45, 7) is 3.18. The van der Waals surface area contributed by atoms with Crippen molar-refractivity contribution in [3.8, 4) is 0 Å². The summed E-state index contributed by atoms with van der Waals surface area (Å²) in [5.74, 6) is -0.911. The Labute approximate surface area is 131 Å². The van der Waals surface area contributed by atoms with Crippen LogP contribution in [-0.2, 0) is 21.4 Å². The zero-order chi connectivity index (χ0) is 16.3. The molecule has 1 heterocycles. The van der Waals surface area contributed by atoms with Gasteiger partial charge in [-0.25, -0.2) is 8.42 Å². The maximum absolute atomic E-state index is 11.8. The minimum absolute atomic E-state index is 0.0342. The van der Waals surface area contributed by atoms with Crippen molar-refractivity contribution in [3.63, 3.8) is 0 Å². The molecule has 1 aromatic rings. The van der Waals surface area contributed by atoms with Crippen molar-refractivity contribution in [2.45, 2.75) is 32.0 Å². The van der Waals surface area contributed by atoms with E-state index in [1.54, 1.807) is 0 Å². The van der Waals surface area contributed by atoms with Crippen molar-refractivity contribution in [2.24, 2.45) is 0 Å². The van der Waals surface area contributed by atoms with Crippen molar-refractivity contribution >= 4 is 16.0 Å². The Balaban J connectivity index is 2.20. The Kier molecular flexibility index (Phi) is 5.20. The van der Waals surface area contributed by atoms with Gasteiger partial charge < -0.3 is 5.11 Å². The number of carbonyl (C=O) groups is 1. The standard InChI is InChI=1S/C15H22N2O4S/c1-12-9-16(22(2,20)21)11-14(8-15(18)19)17(12)10-13-6-4-3-5-7-13/h3-7,12,14H,8-11H2,1-2H3,(H,18,19). The van der Waals surface area contributed by atoms with E-state index in [1.807, 2.05) is 37.3 Å². The molecule has 0 amide bonds. The molecule has 1 fully saturated rings. The second-order valence-corrected chi connectivity index (χ2v) is 7.82. The van der Waals surface area contributed by atoms with E-state index in [-0.39, 0.29) is 25.0 Å². The lowest BCUT2D eigenvalue weighted by Gasteiger charge is -2.44. The third-order valence-electron chi connectivity index (χ3n) is 4.00. The molecule has 22 heavy (non-hydrogen) atoms. The molecule has 0 saturated carbocycles. The van der Waals surface area contributed by atoms with E-state index in [1.165, 1.54) is 10.6 Å². The van der Waals surface area contributed by atoms with Crippen LogP contribution in [0.1, 0.15) is 18.9 Å². The maximum atomic E-state index is 11.8. The Morgan fingerprint density at radius 2 is 1.91 bits per heavy atom. The zero-order valence-electron chi connectivity index (χ0n) is 12.8. The van der Waals surface area contributed by atoms with Crippen LogP contribution in [0.4, 0.5) is 0 Å². The predicted octanol–water partition coefficient (Wildman–Crippen LogP) is 0.996. The molecule has 0 bridgehead atoms. The fraction of sp³-hybridized carbons (Fsp3) is 0.533. The first kappa shape index (κ1) is 16.9. The molecule has 1 N–H and O–H groups in total. The second-order valence-electron chi connectivity index (χ2n) is 5.84. The molecule has 0 aliphatic carbocycles. The van der Waals surface area contributed by atoms with E-state index < -0.39 is 16.0 Å². The smallest absolute Gasteiger partial charge is 0.304 e. The summed E-state index contributed by atoms with van der Waals surface area (Å²) in [4.78, 5) is 13.2. The average Bonchev–Trinajstić information content (AvgIpc) is 2.42. The highest BCUT2D eigenvalue weighted by molar-refractivity contribution is 7.88. The SMILES string of the molecule is CC1CN(S(C)(=O)=O)CC(CC(=O)O)N1Cc1ccccc1. The molecular formula is C15H22N2O4S. The molecule has 0 radical (unpaired) electrons. The van der Waals surface area contributed by atoms with Crippen LogP contribution in [0, 0.1) is 0 Å². The van der Waals surface area contributed by atoms with Crippen LogP contribution in [0.2, 0.25) is 0 Å². The summed E-state index contributed by atoms with van der Waals surface area (Å²) in [5, 5.41) is 9.13. The molecular weight excluding hydrogens is 304 g/mol. The molecule has 1 aliphatic heterocycles. The Bertz CT molecular complexity index is 618. The van der Waals surface area contributed by atoms with Gasteiger partial charge in [0, 0.05) is 31.7 Å². The molecule has 0 aromatic heterocycles. The van der Waals surface area contributed by atoms with Crippen LogP contribution < -0.4 is 0 Å². The molecule has 0 spiro atoms. The van der Waals surface area contributed by atoms with E-state index >= 15 is 0 Å². The summed E-state index contributed by atoms with van der Waals surface area (Å²) >= 11 is 0.